The molecule has 0 saturated carbocycles. The molecule has 0 saturated heterocycles. The van der Waals surface area contributed by atoms with Gasteiger partial charge in [0.15, 0.2) is 11.6 Å². The largest absolute Gasteiger partial charge is 0.494 e. The van der Waals surface area contributed by atoms with Gasteiger partial charge >= 0.3 is 0 Å². The Labute approximate surface area is 129 Å². The van der Waals surface area contributed by atoms with Gasteiger partial charge in [-0.2, -0.15) is 0 Å². The maximum atomic E-state index is 13.8. The van der Waals surface area contributed by atoms with Crippen LogP contribution in [0.1, 0.15) is 69.9 Å². The number of hydrogen-bond acceptors (Lipinski definition) is 2. The van der Waals surface area contributed by atoms with Gasteiger partial charge in [0.2, 0.25) is 0 Å². The molecule has 0 aliphatic carbocycles. The van der Waals surface area contributed by atoms with E-state index in [4.69, 9.17) is 4.74 Å². The van der Waals surface area contributed by atoms with Gasteiger partial charge in [-0.05, 0) is 31.2 Å². The average molecular weight is 295 g/mol. The summed E-state index contributed by atoms with van der Waals surface area (Å²) in [5.74, 6) is 0.0272. The lowest BCUT2D eigenvalue weighted by atomic mass is 9.99. The van der Waals surface area contributed by atoms with Crippen molar-refractivity contribution in [1.82, 2.24) is 5.32 Å². The van der Waals surface area contributed by atoms with Gasteiger partial charge in [0.25, 0.3) is 0 Å². The van der Waals surface area contributed by atoms with Gasteiger partial charge in [0.1, 0.15) is 0 Å². The second kappa shape index (κ2) is 10.6. The molecule has 0 spiro atoms. The Kier molecular flexibility index (Phi) is 9.07. The van der Waals surface area contributed by atoms with Crippen molar-refractivity contribution in [2.24, 2.45) is 0 Å². The summed E-state index contributed by atoms with van der Waals surface area (Å²) in [6, 6.07) is 5.46. The molecule has 0 amide bonds. The van der Waals surface area contributed by atoms with Gasteiger partial charge in [-0.15, -0.1) is 0 Å². The van der Waals surface area contributed by atoms with Crippen LogP contribution in [0.15, 0.2) is 18.2 Å². The normalized spacial score (nSPS) is 12.4. The maximum Gasteiger partial charge on any atom is 0.165 e. The highest BCUT2D eigenvalue weighted by atomic mass is 19.1. The summed E-state index contributed by atoms with van der Waals surface area (Å²) < 4.78 is 18.7. The van der Waals surface area contributed by atoms with Crippen LogP contribution >= 0.6 is 0 Å². The van der Waals surface area contributed by atoms with Crippen LogP contribution in [0.4, 0.5) is 4.39 Å². The van der Waals surface area contributed by atoms with Crippen molar-refractivity contribution < 1.29 is 9.13 Å². The smallest absolute Gasteiger partial charge is 0.165 e. The third-order valence-electron chi connectivity index (χ3n) is 4.02. The standard InChI is InChI=1S/C18H30FNO/c1-4-5-6-7-8-9-10-11-17(20-2)15-12-13-18(21-3)16(19)14-15/h12-14,17,20H,4-11H2,1-3H3. The topological polar surface area (TPSA) is 21.3 Å². The zero-order valence-corrected chi connectivity index (χ0v) is 13.8. The van der Waals surface area contributed by atoms with Crippen LogP contribution in [-0.4, -0.2) is 14.2 Å². The highest BCUT2D eigenvalue weighted by molar-refractivity contribution is 5.31. The van der Waals surface area contributed by atoms with Gasteiger partial charge in [-0.3, -0.25) is 0 Å². The molecule has 0 fully saturated rings. The van der Waals surface area contributed by atoms with E-state index in [-0.39, 0.29) is 11.9 Å². The van der Waals surface area contributed by atoms with Crippen LogP contribution in [0.3, 0.4) is 0 Å². The lowest BCUT2D eigenvalue weighted by Crippen LogP contribution is -2.16. The molecule has 0 aromatic heterocycles. The zero-order chi connectivity index (χ0) is 15.5. The van der Waals surface area contributed by atoms with E-state index < -0.39 is 0 Å². The summed E-state index contributed by atoms with van der Waals surface area (Å²) in [5, 5.41) is 3.29. The minimum atomic E-state index is -0.283. The molecule has 21 heavy (non-hydrogen) atoms. The van der Waals surface area contributed by atoms with E-state index in [2.05, 4.69) is 12.2 Å². The lowest BCUT2D eigenvalue weighted by molar-refractivity contribution is 0.385. The Hall–Kier alpha value is -1.09. The van der Waals surface area contributed by atoms with Crippen molar-refractivity contribution in [3.05, 3.63) is 29.6 Å². The van der Waals surface area contributed by atoms with E-state index >= 15 is 0 Å². The van der Waals surface area contributed by atoms with Crippen LogP contribution in [0.25, 0.3) is 0 Å². The van der Waals surface area contributed by atoms with E-state index in [0.29, 0.717) is 5.75 Å². The molecular weight excluding hydrogens is 265 g/mol. The van der Waals surface area contributed by atoms with Crippen LogP contribution in [0.2, 0.25) is 0 Å². The summed E-state index contributed by atoms with van der Waals surface area (Å²) in [6.45, 7) is 2.24. The van der Waals surface area contributed by atoms with E-state index in [1.807, 2.05) is 13.1 Å². The van der Waals surface area contributed by atoms with Gasteiger partial charge < -0.3 is 10.1 Å². The number of rotatable bonds is 11. The number of ether oxygens (including phenoxy) is 1. The van der Waals surface area contributed by atoms with E-state index in [1.54, 1.807) is 12.1 Å². The summed E-state index contributed by atoms with van der Waals surface area (Å²) in [5.41, 5.74) is 1.00. The van der Waals surface area contributed by atoms with Gasteiger partial charge in [-0.25, -0.2) is 4.39 Å². The minimum Gasteiger partial charge on any atom is -0.494 e. The molecule has 0 aliphatic heterocycles. The number of benzene rings is 1. The van der Waals surface area contributed by atoms with Crippen molar-refractivity contribution in [1.29, 1.82) is 0 Å². The van der Waals surface area contributed by atoms with Gasteiger partial charge in [0.05, 0.1) is 7.11 Å². The zero-order valence-electron chi connectivity index (χ0n) is 13.8. The summed E-state index contributed by atoms with van der Waals surface area (Å²) in [4.78, 5) is 0. The molecule has 1 aromatic rings. The Balaban J connectivity index is 2.36. The number of halogens is 1. The Morgan fingerprint density at radius 1 is 1.10 bits per heavy atom. The minimum absolute atomic E-state index is 0.223. The number of methoxy groups -OCH3 is 1. The molecule has 0 aliphatic rings. The first kappa shape index (κ1) is 18.0. The predicted molar refractivity (Wildman–Crippen MR) is 87.4 cm³/mol. The number of nitrogens with one attached hydrogen (secondary N) is 1. The Morgan fingerprint density at radius 3 is 2.33 bits per heavy atom. The molecule has 3 heteroatoms. The predicted octanol–water partition coefficient (Wildman–Crippen LogP) is 5.24. The van der Waals surface area contributed by atoms with Crippen molar-refractivity contribution in [2.75, 3.05) is 14.2 Å². The molecule has 0 heterocycles. The first-order valence-electron chi connectivity index (χ1n) is 8.23. The van der Waals surface area contributed by atoms with E-state index in [9.17, 15) is 4.39 Å². The highest BCUT2D eigenvalue weighted by Crippen LogP contribution is 2.25. The van der Waals surface area contributed by atoms with Crippen LogP contribution < -0.4 is 10.1 Å². The summed E-state index contributed by atoms with van der Waals surface area (Å²) in [6.07, 6.45) is 10.2. The fourth-order valence-electron chi connectivity index (χ4n) is 2.68. The van der Waals surface area contributed by atoms with Crippen LogP contribution in [0, 0.1) is 5.82 Å². The first-order valence-corrected chi connectivity index (χ1v) is 8.23. The van der Waals surface area contributed by atoms with Crippen molar-refractivity contribution >= 4 is 0 Å². The molecule has 0 radical (unpaired) electrons. The second-order valence-corrected chi connectivity index (χ2v) is 5.65. The van der Waals surface area contributed by atoms with Crippen molar-refractivity contribution in [3.63, 3.8) is 0 Å². The quantitative estimate of drug-likeness (QED) is 0.564. The Bertz CT molecular complexity index is 395. The summed E-state index contributed by atoms with van der Waals surface area (Å²) in [7, 11) is 3.43. The summed E-state index contributed by atoms with van der Waals surface area (Å²) >= 11 is 0. The van der Waals surface area contributed by atoms with Crippen molar-refractivity contribution in [2.45, 2.75) is 64.3 Å². The molecule has 1 rings (SSSR count). The van der Waals surface area contributed by atoms with Gasteiger partial charge in [-0.1, -0.05) is 57.9 Å². The van der Waals surface area contributed by atoms with Gasteiger partial charge in [0, 0.05) is 6.04 Å². The molecule has 1 atom stereocenters. The molecule has 120 valence electrons. The maximum absolute atomic E-state index is 13.8. The molecule has 0 bridgehead atoms. The van der Waals surface area contributed by atoms with E-state index in [1.165, 1.54) is 52.1 Å². The molecule has 1 unspecified atom stereocenters. The van der Waals surface area contributed by atoms with Crippen LogP contribution in [0.5, 0.6) is 5.75 Å². The SMILES string of the molecule is CCCCCCCCCC(NC)c1ccc(OC)c(F)c1. The molecule has 1 N–H and O–H groups in total. The fourth-order valence-corrected chi connectivity index (χ4v) is 2.68. The van der Waals surface area contributed by atoms with Crippen LogP contribution in [-0.2, 0) is 0 Å². The molecule has 1 aromatic carbocycles. The number of hydrogen-bond donors (Lipinski definition) is 1. The van der Waals surface area contributed by atoms with Crippen molar-refractivity contribution in [3.8, 4) is 5.75 Å². The monoisotopic (exact) mass is 295 g/mol. The Morgan fingerprint density at radius 2 is 1.76 bits per heavy atom. The number of unbranched alkanes of at least 4 members (excludes halogenated alkanes) is 6. The highest BCUT2D eigenvalue weighted by Gasteiger charge is 2.11. The molecule has 2 nitrogen and oxygen atoms in total. The van der Waals surface area contributed by atoms with E-state index in [0.717, 1.165) is 12.0 Å². The lowest BCUT2D eigenvalue weighted by Gasteiger charge is -2.17. The molecular formula is C18H30FNO. The third-order valence-corrected chi connectivity index (χ3v) is 4.02. The second-order valence-electron chi connectivity index (χ2n) is 5.65. The first-order chi connectivity index (χ1) is 10.2. The fraction of sp³-hybridized carbons (Fsp3) is 0.667. The third kappa shape index (κ3) is 6.47. The average Bonchev–Trinajstić information content (AvgIpc) is 2.50.